The highest BCUT2D eigenvalue weighted by atomic mass is 32.1. The Morgan fingerprint density at radius 1 is 1.30 bits per heavy atom. The molecule has 0 bridgehead atoms. The molecule has 1 aromatic carbocycles. The van der Waals surface area contributed by atoms with Gasteiger partial charge in [-0.2, -0.15) is 16.4 Å². The molecule has 1 atom stereocenters. The summed E-state index contributed by atoms with van der Waals surface area (Å²) in [7, 11) is 0. The van der Waals surface area contributed by atoms with E-state index in [0.717, 1.165) is 50.2 Å². The van der Waals surface area contributed by atoms with Gasteiger partial charge in [0.1, 0.15) is 5.69 Å². The van der Waals surface area contributed by atoms with Crippen molar-refractivity contribution in [3.05, 3.63) is 64.5 Å². The number of aromatic nitrogens is 2. The van der Waals surface area contributed by atoms with Gasteiger partial charge < -0.3 is 10.2 Å². The molecule has 4 rings (SSSR count). The van der Waals surface area contributed by atoms with Crippen LogP contribution in [0.1, 0.15) is 28.9 Å². The lowest BCUT2D eigenvalue weighted by Gasteiger charge is -2.33. The van der Waals surface area contributed by atoms with E-state index in [0.29, 0.717) is 5.69 Å². The SMILES string of the molecule is O=C(N[C@@H]1CCCN(CCc2ccccc2)C1)c1cc(-c2ccsc2)n[nH]1. The summed E-state index contributed by atoms with van der Waals surface area (Å²) >= 11 is 1.62. The lowest BCUT2D eigenvalue weighted by Crippen LogP contribution is -2.48. The molecule has 27 heavy (non-hydrogen) atoms. The Kier molecular flexibility index (Phi) is 5.65. The zero-order valence-electron chi connectivity index (χ0n) is 15.2. The van der Waals surface area contributed by atoms with E-state index in [9.17, 15) is 4.79 Å². The van der Waals surface area contributed by atoms with Crippen LogP contribution in [0.4, 0.5) is 0 Å². The van der Waals surface area contributed by atoms with E-state index < -0.39 is 0 Å². The van der Waals surface area contributed by atoms with Crippen LogP contribution < -0.4 is 5.32 Å². The number of carbonyl (C=O) groups is 1. The van der Waals surface area contributed by atoms with Crippen molar-refractivity contribution >= 4 is 17.2 Å². The summed E-state index contributed by atoms with van der Waals surface area (Å²) in [6.45, 7) is 3.04. The molecule has 6 heteroatoms. The monoisotopic (exact) mass is 380 g/mol. The largest absolute Gasteiger partial charge is 0.347 e. The first kappa shape index (κ1) is 17.9. The number of hydrogen-bond donors (Lipinski definition) is 2. The summed E-state index contributed by atoms with van der Waals surface area (Å²) in [5, 5.41) is 14.3. The quantitative estimate of drug-likeness (QED) is 0.687. The van der Waals surface area contributed by atoms with Crippen molar-refractivity contribution in [2.75, 3.05) is 19.6 Å². The van der Waals surface area contributed by atoms with E-state index in [2.05, 4.69) is 50.7 Å². The number of H-pyrrole nitrogens is 1. The maximum Gasteiger partial charge on any atom is 0.269 e. The number of hydrogen-bond acceptors (Lipinski definition) is 4. The molecular weight excluding hydrogens is 356 g/mol. The minimum absolute atomic E-state index is 0.0705. The van der Waals surface area contributed by atoms with Gasteiger partial charge in [0, 0.05) is 30.1 Å². The fourth-order valence-electron chi connectivity index (χ4n) is 3.57. The molecule has 140 valence electrons. The molecule has 0 radical (unpaired) electrons. The number of amides is 1. The molecule has 0 aliphatic carbocycles. The Hall–Kier alpha value is -2.44. The third-order valence-electron chi connectivity index (χ3n) is 5.04. The van der Waals surface area contributed by atoms with Gasteiger partial charge in [-0.05, 0) is 48.9 Å². The second kappa shape index (κ2) is 8.50. The predicted molar refractivity (Wildman–Crippen MR) is 109 cm³/mol. The van der Waals surface area contributed by atoms with Crippen molar-refractivity contribution in [1.82, 2.24) is 20.4 Å². The van der Waals surface area contributed by atoms with Gasteiger partial charge in [0.2, 0.25) is 0 Å². The molecule has 1 fully saturated rings. The van der Waals surface area contributed by atoms with Crippen LogP contribution in [0, 0.1) is 0 Å². The molecule has 0 unspecified atom stereocenters. The number of carbonyl (C=O) groups excluding carboxylic acids is 1. The summed E-state index contributed by atoms with van der Waals surface area (Å²) in [6, 6.07) is 14.6. The zero-order chi connectivity index (χ0) is 18.5. The summed E-state index contributed by atoms with van der Waals surface area (Å²) in [4.78, 5) is 15.0. The summed E-state index contributed by atoms with van der Waals surface area (Å²) in [6.07, 6.45) is 3.19. The van der Waals surface area contributed by atoms with E-state index >= 15 is 0 Å². The first-order valence-corrected chi connectivity index (χ1v) is 10.4. The molecule has 2 aromatic heterocycles. The first-order valence-electron chi connectivity index (χ1n) is 9.43. The van der Waals surface area contributed by atoms with Crippen LogP contribution in [0.25, 0.3) is 11.3 Å². The van der Waals surface area contributed by atoms with Crippen LogP contribution in [0.3, 0.4) is 0 Å². The van der Waals surface area contributed by atoms with Crippen molar-refractivity contribution in [1.29, 1.82) is 0 Å². The van der Waals surface area contributed by atoms with Crippen LogP contribution in [0.5, 0.6) is 0 Å². The normalized spacial score (nSPS) is 17.7. The van der Waals surface area contributed by atoms with E-state index in [4.69, 9.17) is 0 Å². The zero-order valence-corrected chi connectivity index (χ0v) is 16.0. The van der Waals surface area contributed by atoms with Crippen LogP contribution >= 0.6 is 11.3 Å². The van der Waals surface area contributed by atoms with Crippen molar-refractivity contribution in [3.63, 3.8) is 0 Å². The minimum Gasteiger partial charge on any atom is -0.347 e. The van der Waals surface area contributed by atoms with E-state index in [-0.39, 0.29) is 11.9 Å². The van der Waals surface area contributed by atoms with Crippen molar-refractivity contribution < 1.29 is 4.79 Å². The van der Waals surface area contributed by atoms with Crippen molar-refractivity contribution in [2.24, 2.45) is 0 Å². The Bertz CT molecular complexity index is 859. The highest BCUT2D eigenvalue weighted by Crippen LogP contribution is 2.20. The van der Waals surface area contributed by atoms with Crippen LogP contribution in [0.15, 0.2) is 53.2 Å². The maximum atomic E-state index is 12.6. The minimum atomic E-state index is -0.0705. The smallest absolute Gasteiger partial charge is 0.269 e. The average molecular weight is 381 g/mol. The van der Waals surface area contributed by atoms with Gasteiger partial charge in [-0.3, -0.25) is 9.89 Å². The Balaban J connectivity index is 1.30. The number of aromatic amines is 1. The van der Waals surface area contributed by atoms with Gasteiger partial charge >= 0.3 is 0 Å². The third-order valence-corrected chi connectivity index (χ3v) is 5.72. The summed E-state index contributed by atoms with van der Waals surface area (Å²) in [5.41, 5.74) is 3.74. The van der Waals surface area contributed by atoms with E-state index in [1.807, 2.05) is 22.9 Å². The van der Waals surface area contributed by atoms with Gasteiger partial charge in [0.05, 0.1) is 5.69 Å². The summed E-state index contributed by atoms with van der Waals surface area (Å²) < 4.78 is 0. The fraction of sp³-hybridized carbons (Fsp3) is 0.333. The number of piperidine rings is 1. The van der Waals surface area contributed by atoms with Gasteiger partial charge in [-0.1, -0.05) is 30.3 Å². The lowest BCUT2D eigenvalue weighted by atomic mass is 10.0. The molecule has 5 nitrogen and oxygen atoms in total. The van der Waals surface area contributed by atoms with E-state index in [1.165, 1.54) is 5.56 Å². The number of nitrogens with zero attached hydrogens (tertiary/aromatic N) is 2. The van der Waals surface area contributed by atoms with Crippen LogP contribution in [-0.2, 0) is 6.42 Å². The number of benzene rings is 1. The van der Waals surface area contributed by atoms with Crippen molar-refractivity contribution in [3.8, 4) is 11.3 Å². The topological polar surface area (TPSA) is 61.0 Å². The van der Waals surface area contributed by atoms with Gasteiger partial charge in [-0.25, -0.2) is 0 Å². The molecule has 1 saturated heterocycles. The fourth-order valence-corrected chi connectivity index (χ4v) is 4.22. The molecule has 1 aliphatic rings. The second-order valence-electron chi connectivity index (χ2n) is 7.03. The van der Waals surface area contributed by atoms with Crippen LogP contribution in [0.2, 0.25) is 0 Å². The highest BCUT2D eigenvalue weighted by Gasteiger charge is 2.22. The molecule has 3 heterocycles. The summed E-state index contributed by atoms with van der Waals surface area (Å²) in [5.74, 6) is -0.0705. The number of thiophene rings is 1. The molecule has 1 amide bonds. The molecule has 1 aliphatic heterocycles. The van der Waals surface area contributed by atoms with E-state index in [1.54, 1.807) is 11.3 Å². The van der Waals surface area contributed by atoms with Crippen molar-refractivity contribution in [2.45, 2.75) is 25.3 Å². The Morgan fingerprint density at radius 2 is 2.19 bits per heavy atom. The Labute approximate surface area is 163 Å². The average Bonchev–Trinajstić information content (AvgIpc) is 3.39. The van der Waals surface area contributed by atoms with Gasteiger partial charge in [0.25, 0.3) is 5.91 Å². The molecule has 3 aromatic rings. The predicted octanol–water partition coefficient (Wildman–Crippen LogP) is 3.58. The number of nitrogens with one attached hydrogen (secondary N) is 2. The third kappa shape index (κ3) is 4.64. The van der Waals surface area contributed by atoms with Gasteiger partial charge in [-0.15, -0.1) is 0 Å². The lowest BCUT2D eigenvalue weighted by molar-refractivity contribution is 0.0899. The Morgan fingerprint density at radius 3 is 3.00 bits per heavy atom. The second-order valence-corrected chi connectivity index (χ2v) is 7.81. The standard InChI is InChI=1S/C21H24N4OS/c26-21(20-13-19(23-24-20)17-9-12-27-15-17)22-18-7-4-10-25(14-18)11-8-16-5-2-1-3-6-16/h1-3,5-6,9,12-13,15,18H,4,7-8,10-11,14H2,(H,22,26)(H,23,24)/t18-/m1/s1. The molecular formula is C21H24N4OS. The molecule has 2 N–H and O–H groups in total. The molecule has 0 spiro atoms. The highest BCUT2D eigenvalue weighted by molar-refractivity contribution is 7.08. The first-order chi connectivity index (χ1) is 13.3. The molecule has 0 saturated carbocycles. The van der Waals surface area contributed by atoms with Gasteiger partial charge in [0.15, 0.2) is 0 Å². The number of likely N-dealkylation sites (tertiary alicyclic amines) is 1. The maximum absolute atomic E-state index is 12.6. The number of rotatable bonds is 6. The van der Waals surface area contributed by atoms with Crippen LogP contribution in [-0.4, -0.2) is 46.7 Å².